The van der Waals surface area contributed by atoms with Crippen LogP contribution in [-0.2, 0) is 6.42 Å². The largest absolute Gasteiger partial charge is 0.399 e. The molecule has 0 aliphatic carbocycles. The van der Waals surface area contributed by atoms with Gasteiger partial charge in [0.15, 0.2) is 0 Å². The number of nitrogen functional groups attached to an aromatic ring is 1. The van der Waals surface area contributed by atoms with E-state index in [9.17, 15) is 0 Å². The lowest BCUT2D eigenvalue weighted by Gasteiger charge is -2.07. The lowest BCUT2D eigenvalue weighted by atomic mass is 10.1. The summed E-state index contributed by atoms with van der Waals surface area (Å²) >= 11 is 0. The van der Waals surface area contributed by atoms with Gasteiger partial charge in [0.25, 0.3) is 0 Å². The second kappa shape index (κ2) is 4.84. The van der Waals surface area contributed by atoms with Crippen LogP contribution in [0.1, 0.15) is 12.0 Å². The molecule has 0 aliphatic rings. The summed E-state index contributed by atoms with van der Waals surface area (Å²) in [5, 5.41) is 8.71. The van der Waals surface area contributed by atoms with Crippen molar-refractivity contribution in [2.24, 2.45) is 5.73 Å². The molecule has 0 radical (unpaired) electrons. The summed E-state index contributed by atoms with van der Waals surface area (Å²) in [5.41, 5.74) is 13.1. The highest BCUT2D eigenvalue weighted by Crippen LogP contribution is 2.08. The first-order valence-corrected chi connectivity index (χ1v) is 4.43. The van der Waals surface area contributed by atoms with Gasteiger partial charge in [-0.05, 0) is 30.5 Å². The molecule has 0 heterocycles. The van der Waals surface area contributed by atoms with Crippen molar-refractivity contribution >= 4 is 5.69 Å². The lowest BCUT2D eigenvalue weighted by Crippen LogP contribution is -2.24. The molecule has 1 aromatic carbocycles. The van der Waals surface area contributed by atoms with E-state index < -0.39 is 0 Å². The highest BCUT2D eigenvalue weighted by Gasteiger charge is 2.00. The number of aliphatic hydroxyl groups is 1. The summed E-state index contributed by atoms with van der Waals surface area (Å²) in [6, 6.07) is 7.61. The van der Waals surface area contributed by atoms with Gasteiger partial charge in [-0.2, -0.15) is 0 Å². The Balaban J connectivity index is 2.41. The van der Waals surface area contributed by atoms with Crippen LogP contribution < -0.4 is 11.5 Å². The van der Waals surface area contributed by atoms with Crippen LogP contribution in [-0.4, -0.2) is 17.8 Å². The van der Waals surface area contributed by atoms with E-state index in [-0.39, 0.29) is 12.6 Å². The zero-order valence-corrected chi connectivity index (χ0v) is 7.61. The Morgan fingerprint density at radius 2 is 1.85 bits per heavy atom. The molecule has 5 N–H and O–H groups in total. The molecular formula is C10H16N2O. The molecule has 0 amide bonds. The monoisotopic (exact) mass is 180 g/mol. The number of nitrogens with two attached hydrogens (primary N) is 2. The van der Waals surface area contributed by atoms with Gasteiger partial charge in [0.05, 0.1) is 6.61 Å². The lowest BCUT2D eigenvalue weighted by molar-refractivity contribution is 0.260. The average Bonchev–Trinajstić information content (AvgIpc) is 2.16. The molecule has 0 aromatic heterocycles. The van der Waals surface area contributed by atoms with Crippen molar-refractivity contribution in [1.82, 2.24) is 0 Å². The number of hydrogen-bond donors (Lipinski definition) is 3. The summed E-state index contributed by atoms with van der Waals surface area (Å²) in [7, 11) is 0. The minimum atomic E-state index is -0.113. The summed E-state index contributed by atoms with van der Waals surface area (Å²) in [4.78, 5) is 0. The minimum Gasteiger partial charge on any atom is -0.399 e. The maximum absolute atomic E-state index is 8.71. The molecule has 3 nitrogen and oxygen atoms in total. The zero-order chi connectivity index (χ0) is 9.68. The standard InChI is InChI=1S/C10H16N2O/c11-9-4-1-8(2-5-9)3-6-10(12)7-13/h1-2,4-5,10,13H,3,6-7,11-12H2/t10-/m0/s1. The third kappa shape index (κ3) is 3.44. The third-order valence-electron chi connectivity index (χ3n) is 2.02. The number of benzene rings is 1. The van der Waals surface area contributed by atoms with Crippen molar-refractivity contribution in [1.29, 1.82) is 0 Å². The predicted molar refractivity (Wildman–Crippen MR) is 54.2 cm³/mol. The van der Waals surface area contributed by atoms with Crippen LogP contribution >= 0.6 is 0 Å². The normalized spacial score (nSPS) is 12.8. The van der Waals surface area contributed by atoms with Gasteiger partial charge in [0.1, 0.15) is 0 Å². The Bertz CT molecular complexity index is 246. The van der Waals surface area contributed by atoms with E-state index in [1.165, 1.54) is 5.56 Å². The zero-order valence-electron chi connectivity index (χ0n) is 7.61. The van der Waals surface area contributed by atoms with Crippen LogP contribution in [0.3, 0.4) is 0 Å². The summed E-state index contributed by atoms with van der Waals surface area (Å²) in [6.07, 6.45) is 1.70. The minimum absolute atomic E-state index is 0.0506. The third-order valence-corrected chi connectivity index (χ3v) is 2.02. The van der Waals surface area contributed by atoms with Crippen molar-refractivity contribution in [3.63, 3.8) is 0 Å². The van der Waals surface area contributed by atoms with Crippen LogP contribution in [0, 0.1) is 0 Å². The van der Waals surface area contributed by atoms with Crippen LogP contribution in [0.15, 0.2) is 24.3 Å². The number of hydrogen-bond acceptors (Lipinski definition) is 3. The highest BCUT2D eigenvalue weighted by molar-refractivity contribution is 5.39. The van der Waals surface area contributed by atoms with Gasteiger partial charge in [-0.1, -0.05) is 12.1 Å². The predicted octanol–water partition coefficient (Wildman–Crippen LogP) is 0.521. The Kier molecular flexibility index (Phi) is 3.73. The molecule has 1 rings (SSSR count). The Morgan fingerprint density at radius 3 is 2.38 bits per heavy atom. The van der Waals surface area contributed by atoms with Crippen LogP contribution in [0.25, 0.3) is 0 Å². The molecule has 3 heteroatoms. The van der Waals surface area contributed by atoms with Gasteiger partial charge in [-0.3, -0.25) is 0 Å². The van der Waals surface area contributed by atoms with Crippen molar-refractivity contribution < 1.29 is 5.11 Å². The molecule has 13 heavy (non-hydrogen) atoms. The Labute approximate surface area is 78.4 Å². The van der Waals surface area contributed by atoms with E-state index in [0.29, 0.717) is 0 Å². The molecule has 1 aromatic rings. The van der Waals surface area contributed by atoms with E-state index in [0.717, 1.165) is 18.5 Å². The summed E-state index contributed by atoms with van der Waals surface area (Å²) in [6.45, 7) is 0.0506. The number of rotatable bonds is 4. The first-order valence-electron chi connectivity index (χ1n) is 4.43. The summed E-state index contributed by atoms with van der Waals surface area (Å²) < 4.78 is 0. The van der Waals surface area contributed by atoms with E-state index >= 15 is 0 Å². The Morgan fingerprint density at radius 1 is 1.23 bits per heavy atom. The first-order chi connectivity index (χ1) is 6.22. The second-order valence-electron chi connectivity index (χ2n) is 3.22. The van der Waals surface area contributed by atoms with Crippen LogP contribution in [0.4, 0.5) is 5.69 Å². The average molecular weight is 180 g/mol. The van der Waals surface area contributed by atoms with Gasteiger partial charge in [-0.15, -0.1) is 0 Å². The molecule has 0 saturated carbocycles. The second-order valence-corrected chi connectivity index (χ2v) is 3.22. The highest BCUT2D eigenvalue weighted by atomic mass is 16.3. The van der Waals surface area contributed by atoms with Crippen LogP contribution in [0.5, 0.6) is 0 Å². The van der Waals surface area contributed by atoms with E-state index in [1.54, 1.807) is 0 Å². The van der Waals surface area contributed by atoms with E-state index in [1.807, 2.05) is 24.3 Å². The van der Waals surface area contributed by atoms with Gasteiger partial charge < -0.3 is 16.6 Å². The number of anilines is 1. The van der Waals surface area contributed by atoms with Crippen molar-refractivity contribution in [2.75, 3.05) is 12.3 Å². The van der Waals surface area contributed by atoms with Gasteiger partial charge >= 0.3 is 0 Å². The molecule has 0 fully saturated rings. The number of aryl methyl sites for hydroxylation is 1. The molecule has 0 unspecified atom stereocenters. The maximum Gasteiger partial charge on any atom is 0.0582 e. The maximum atomic E-state index is 8.71. The van der Waals surface area contributed by atoms with E-state index in [4.69, 9.17) is 16.6 Å². The SMILES string of the molecule is Nc1ccc(CC[C@H](N)CO)cc1. The van der Waals surface area contributed by atoms with Gasteiger partial charge in [0.2, 0.25) is 0 Å². The van der Waals surface area contributed by atoms with Crippen molar-refractivity contribution in [3.8, 4) is 0 Å². The summed E-state index contributed by atoms with van der Waals surface area (Å²) in [5.74, 6) is 0. The molecule has 0 saturated heterocycles. The fourth-order valence-electron chi connectivity index (χ4n) is 1.13. The first kappa shape index (κ1) is 10.0. The molecule has 0 aliphatic heterocycles. The Hall–Kier alpha value is -1.06. The molecule has 1 atom stereocenters. The quantitative estimate of drug-likeness (QED) is 0.591. The molecule has 0 bridgehead atoms. The topological polar surface area (TPSA) is 72.3 Å². The van der Waals surface area contributed by atoms with E-state index in [2.05, 4.69) is 0 Å². The smallest absolute Gasteiger partial charge is 0.0582 e. The fraction of sp³-hybridized carbons (Fsp3) is 0.400. The molecular weight excluding hydrogens is 164 g/mol. The van der Waals surface area contributed by atoms with Crippen molar-refractivity contribution in [2.45, 2.75) is 18.9 Å². The van der Waals surface area contributed by atoms with Crippen molar-refractivity contribution in [3.05, 3.63) is 29.8 Å². The van der Waals surface area contributed by atoms with Gasteiger partial charge in [0, 0.05) is 11.7 Å². The molecule has 72 valence electrons. The van der Waals surface area contributed by atoms with Gasteiger partial charge in [-0.25, -0.2) is 0 Å². The number of aliphatic hydroxyl groups excluding tert-OH is 1. The van der Waals surface area contributed by atoms with Crippen LogP contribution in [0.2, 0.25) is 0 Å². The molecule has 0 spiro atoms. The fourth-order valence-corrected chi connectivity index (χ4v) is 1.13.